The zero-order chi connectivity index (χ0) is 18.0. The SMILES string of the molecule is Cc1cc(C)c(C(=O)NCCc2cc(Cl)c3c(c2)OCCO3)c(C)c1. The molecule has 3 rings (SSSR count). The van der Waals surface area contributed by atoms with Gasteiger partial charge in [-0.2, -0.15) is 0 Å². The molecule has 132 valence electrons. The number of aryl methyl sites for hydroxylation is 3. The molecule has 0 aromatic heterocycles. The van der Waals surface area contributed by atoms with Crippen molar-refractivity contribution in [1.82, 2.24) is 5.32 Å². The third-order valence-electron chi connectivity index (χ3n) is 4.26. The summed E-state index contributed by atoms with van der Waals surface area (Å²) in [5.41, 5.74) is 4.92. The molecule has 25 heavy (non-hydrogen) atoms. The van der Waals surface area contributed by atoms with Gasteiger partial charge in [0.1, 0.15) is 13.2 Å². The van der Waals surface area contributed by atoms with Crippen molar-refractivity contribution in [3.05, 3.63) is 57.1 Å². The summed E-state index contributed by atoms with van der Waals surface area (Å²) in [5.74, 6) is 1.23. The van der Waals surface area contributed by atoms with E-state index in [9.17, 15) is 4.79 Å². The number of ether oxygens (including phenoxy) is 2. The van der Waals surface area contributed by atoms with Crippen LogP contribution in [0, 0.1) is 20.8 Å². The smallest absolute Gasteiger partial charge is 0.251 e. The van der Waals surface area contributed by atoms with E-state index >= 15 is 0 Å². The van der Waals surface area contributed by atoms with E-state index in [2.05, 4.69) is 5.32 Å². The zero-order valence-corrected chi connectivity index (χ0v) is 15.5. The third-order valence-corrected chi connectivity index (χ3v) is 4.54. The van der Waals surface area contributed by atoms with Crippen molar-refractivity contribution in [2.24, 2.45) is 0 Å². The Balaban J connectivity index is 1.65. The molecule has 1 heterocycles. The molecule has 0 spiro atoms. The lowest BCUT2D eigenvalue weighted by atomic mass is 9.99. The van der Waals surface area contributed by atoms with Crippen LogP contribution in [0.4, 0.5) is 0 Å². The fraction of sp³-hybridized carbons (Fsp3) is 0.350. The van der Waals surface area contributed by atoms with Crippen molar-refractivity contribution in [3.8, 4) is 11.5 Å². The normalized spacial score (nSPS) is 12.8. The number of nitrogens with one attached hydrogen (secondary N) is 1. The quantitative estimate of drug-likeness (QED) is 0.897. The van der Waals surface area contributed by atoms with Crippen LogP contribution in [-0.4, -0.2) is 25.7 Å². The molecule has 0 radical (unpaired) electrons. The van der Waals surface area contributed by atoms with Crippen LogP contribution in [0.2, 0.25) is 5.02 Å². The van der Waals surface area contributed by atoms with Crippen molar-refractivity contribution < 1.29 is 14.3 Å². The fourth-order valence-electron chi connectivity index (χ4n) is 3.26. The van der Waals surface area contributed by atoms with E-state index in [-0.39, 0.29) is 5.91 Å². The van der Waals surface area contributed by atoms with Gasteiger partial charge >= 0.3 is 0 Å². The van der Waals surface area contributed by atoms with Crippen molar-refractivity contribution in [2.75, 3.05) is 19.8 Å². The minimum atomic E-state index is -0.0429. The van der Waals surface area contributed by atoms with Gasteiger partial charge in [0.15, 0.2) is 11.5 Å². The summed E-state index contributed by atoms with van der Waals surface area (Å²) in [5, 5.41) is 3.54. The Bertz CT molecular complexity index is 794. The molecule has 0 saturated heterocycles. The molecule has 1 aliphatic heterocycles. The Kier molecular flexibility index (Phi) is 5.19. The predicted molar refractivity (Wildman–Crippen MR) is 99.1 cm³/mol. The van der Waals surface area contributed by atoms with E-state index in [4.69, 9.17) is 21.1 Å². The highest BCUT2D eigenvalue weighted by Crippen LogP contribution is 2.38. The van der Waals surface area contributed by atoms with Crippen molar-refractivity contribution in [1.29, 1.82) is 0 Å². The lowest BCUT2D eigenvalue weighted by Gasteiger charge is -2.20. The molecule has 1 aliphatic rings. The first-order chi connectivity index (χ1) is 12.0. The molecule has 0 atom stereocenters. The Morgan fingerprint density at radius 1 is 1.08 bits per heavy atom. The van der Waals surface area contributed by atoms with Crippen LogP contribution in [-0.2, 0) is 6.42 Å². The molecule has 1 amide bonds. The average Bonchev–Trinajstić information content (AvgIpc) is 2.54. The summed E-state index contributed by atoms with van der Waals surface area (Å²) in [7, 11) is 0. The third kappa shape index (κ3) is 3.90. The molecule has 0 saturated carbocycles. The van der Waals surface area contributed by atoms with E-state index in [0.717, 1.165) is 27.8 Å². The first-order valence-electron chi connectivity index (χ1n) is 8.40. The Morgan fingerprint density at radius 2 is 1.76 bits per heavy atom. The van der Waals surface area contributed by atoms with Gasteiger partial charge in [0.2, 0.25) is 0 Å². The molecule has 0 aliphatic carbocycles. The van der Waals surface area contributed by atoms with Gasteiger partial charge in [-0.05, 0) is 56.0 Å². The number of halogens is 1. The average molecular weight is 360 g/mol. The highest BCUT2D eigenvalue weighted by Gasteiger charge is 2.17. The van der Waals surface area contributed by atoms with E-state index in [1.165, 1.54) is 0 Å². The highest BCUT2D eigenvalue weighted by molar-refractivity contribution is 6.32. The maximum absolute atomic E-state index is 12.5. The summed E-state index contributed by atoms with van der Waals surface area (Å²) in [6.45, 7) is 7.53. The number of hydrogen-bond donors (Lipinski definition) is 1. The van der Waals surface area contributed by atoms with E-state index in [1.54, 1.807) is 0 Å². The first-order valence-corrected chi connectivity index (χ1v) is 8.77. The number of benzene rings is 2. The van der Waals surface area contributed by atoms with Crippen LogP contribution < -0.4 is 14.8 Å². The number of fused-ring (bicyclic) bond motifs is 1. The summed E-state index contributed by atoms with van der Waals surface area (Å²) in [4.78, 5) is 12.5. The molecule has 5 heteroatoms. The summed E-state index contributed by atoms with van der Waals surface area (Å²) in [6.07, 6.45) is 0.673. The lowest BCUT2D eigenvalue weighted by Crippen LogP contribution is -2.27. The highest BCUT2D eigenvalue weighted by atomic mass is 35.5. The number of carbonyl (C=O) groups excluding carboxylic acids is 1. The van der Waals surface area contributed by atoms with Gasteiger partial charge in [0, 0.05) is 12.1 Å². The molecule has 0 bridgehead atoms. The standard InChI is InChI=1S/C20H22ClNO3/c1-12-8-13(2)18(14(3)9-12)20(23)22-5-4-15-10-16(21)19-17(11-15)24-6-7-25-19/h8-11H,4-7H2,1-3H3,(H,22,23). The van der Waals surface area contributed by atoms with E-state index in [0.29, 0.717) is 42.7 Å². The second-order valence-corrected chi connectivity index (χ2v) is 6.79. The molecular formula is C20H22ClNO3. The first kappa shape index (κ1) is 17.6. The van der Waals surface area contributed by atoms with Crippen molar-refractivity contribution in [3.63, 3.8) is 0 Å². The van der Waals surface area contributed by atoms with E-state index < -0.39 is 0 Å². The van der Waals surface area contributed by atoms with Gasteiger partial charge in [0.25, 0.3) is 5.91 Å². The maximum atomic E-state index is 12.5. The van der Waals surface area contributed by atoms with Gasteiger partial charge in [-0.15, -0.1) is 0 Å². The molecular weight excluding hydrogens is 338 g/mol. The Labute approximate surface area is 153 Å². The molecule has 2 aromatic carbocycles. The summed E-state index contributed by atoms with van der Waals surface area (Å²) >= 11 is 6.25. The Morgan fingerprint density at radius 3 is 2.48 bits per heavy atom. The maximum Gasteiger partial charge on any atom is 0.251 e. The summed E-state index contributed by atoms with van der Waals surface area (Å²) in [6, 6.07) is 7.85. The predicted octanol–water partition coefficient (Wildman–Crippen LogP) is 4.01. The number of hydrogen-bond acceptors (Lipinski definition) is 3. The van der Waals surface area contributed by atoms with Crippen LogP contribution in [0.15, 0.2) is 24.3 Å². The Hall–Kier alpha value is -2.20. The number of amides is 1. The van der Waals surface area contributed by atoms with Crippen LogP contribution in [0.3, 0.4) is 0 Å². The largest absolute Gasteiger partial charge is 0.486 e. The molecule has 4 nitrogen and oxygen atoms in total. The minimum absolute atomic E-state index is 0.0429. The van der Waals surface area contributed by atoms with Crippen LogP contribution in [0.5, 0.6) is 11.5 Å². The topological polar surface area (TPSA) is 47.6 Å². The minimum Gasteiger partial charge on any atom is -0.486 e. The van der Waals surface area contributed by atoms with Gasteiger partial charge in [0.05, 0.1) is 5.02 Å². The van der Waals surface area contributed by atoms with Crippen LogP contribution in [0.1, 0.15) is 32.6 Å². The second kappa shape index (κ2) is 7.36. The van der Waals surface area contributed by atoms with Gasteiger partial charge in [-0.25, -0.2) is 0 Å². The van der Waals surface area contributed by atoms with Gasteiger partial charge in [-0.3, -0.25) is 4.79 Å². The zero-order valence-electron chi connectivity index (χ0n) is 14.7. The molecule has 2 aromatic rings. The van der Waals surface area contributed by atoms with Crippen LogP contribution in [0.25, 0.3) is 0 Å². The second-order valence-electron chi connectivity index (χ2n) is 6.38. The number of rotatable bonds is 4. The molecule has 0 unspecified atom stereocenters. The van der Waals surface area contributed by atoms with Crippen molar-refractivity contribution in [2.45, 2.75) is 27.2 Å². The molecule has 0 fully saturated rings. The van der Waals surface area contributed by atoms with E-state index in [1.807, 2.05) is 45.0 Å². The number of carbonyl (C=O) groups is 1. The van der Waals surface area contributed by atoms with Gasteiger partial charge < -0.3 is 14.8 Å². The summed E-state index contributed by atoms with van der Waals surface area (Å²) < 4.78 is 11.1. The lowest BCUT2D eigenvalue weighted by molar-refractivity contribution is 0.0953. The van der Waals surface area contributed by atoms with Gasteiger partial charge in [-0.1, -0.05) is 29.3 Å². The van der Waals surface area contributed by atoms with Crippen molar-refractivity contribution >= 4 is 17.5 Å². The molecule has 1 N–H and O–H groups in total. The fourth-order valence-corrected chi connectivity index (χ4v) is 3.54. The monoisotopic (exact) mass is 359 g/mol. The van der Waals surface area contributed by atoms with Crippen LogP contribution >= 0.6 is 11.6 Å².